The van der Waals surface area contributed by atoms with Crippen LogP contribution in [0.4, 0.5) is 13.2 Å². The van der Waals surface area contributed by atoms with Gasteiger partial charge in [-0.25, -0.2) is 0 Å². The fourth-order valence-electron chi connectivity index (χ4n) is 0.388. The topological polar surface area (TPSA) is 26.0 Å². The lowest BCUT2D eigenvalue weighted by molar-refractivity contribution is -0.140. The molecule has 9 heavy (non-hydrogen) atoms. The lowest BCUT2D eigenvalue weighted by Crippen LogP contribution is -2.37. The van der Waals surface area contributed by atoms with Crippen LogP contribution in [-0.2, 0) is 0 Å². The van der Waals surface area contributed by atoms with Gasteiger partial charge in [0.05, 0.1) is 0 Å². The van der Waals surface area contributed by atoms with E-state index in [2.05, 4.69) is 5.73 Å². The van der Waals surface area contributed by atoms with Crippen LogP contribution in [0.5, 0.6) is 0 Å². The zero-order valence-corrected chi connectivity index (χ0v) is 5.07. The Hall–Kier alpha value is -0.250. The molecule has 4 heteroatoms. The van der Waals surface area contributed by atoms with E-state index in [0.29, 0.717) is 6.42 Å². The Kier molecular flexibility index (Phi) is 2.97. The molecule has 0 aliphatic rings. The Morgan fingerprint density at radius 3 is 2.11 bits per heavy atom. The smallest absolute Gasteiger partial charge is 0.320 e. The Morgan fingerprint density at radius 1 is 1.56 bits per heavy atom. The van der Waals surface area contributed by atoms with E-state index >= 15 is 0 Å². The highest BCUT2D eigenvalue weighted by Crippen LogP contribution is 2.20. The number of nitrogens with two attached hydrogens (primary N) is 1. The molecule has 1 radical (unpaired) electrons. The molecule has 0 saturated heterocycles. The van der Waals surface area contributed by atoms with Crippen LogP contribution >= 0.6 is 0 Å². The second-order valence-electron chi connectivity index (χ2n) is 1.71. The number of hydrogen-bond acceptors (Lipinski definition) is 1. The lowest BCUT2D eigenvalue weighted by Gasteiger charge is -2.12. The standard InChI is InChI=1S/C5H9F3N/c1-2-3-4(9)5(6,7)8/h3-4H,2,9H2,1H3. The van der Waals surface area contributed by atoms with Crippen molar-refractivity contribution in [1.29, 1.82) is 0 Å². The lowest BCUT2D eigenvalue weighted by atomic mass is 10.2. The van der Waals surface area contributed by atoms with Crippen LogP contribution in [0.1, 0.15) is 13.3 Å². The summed E-state index contributed by atoms with van der Waals surface area (Å²) in [6.07, 6.45) is -2.89. The first-order chi connectivity index (χ1) is 3.98. The molecule has 1 nitrogen and oxygen atoms in total. The van der Waals surface area contributed by atoms with Gasteiger partial charge in [0.25, 0.3) is 0 Å². The molecule has 0 aromatic carbocycles. The van der Waals surface area contributed by atoms with Gasteiger partial charge in [-0.2, -0.15) is 13.2 Å². The maximum Gasteiger partial charge on any atom is 0.403 e. The summed E-state index contributed by atoms with van der Waals surface area (Å²) >= 11 is 0. The minimum atomic E-state index is -4.27. The fraction of sp³-hybridized carbons (Fsp3) is 0.800. The number of alkyl halides is 3. The van der Waals surface area contributed by atoms with Crippen LogP contribution in [0.15, 0.2) is 0 Å². The third kappa shape index (κ3) is 3.35. The average molecular weight is 140 g/mol. The van der Waals surface area contributed by atoms with Gasteiger partial charge < -0.3 is 5.73 Å². The SMILES string of the molecule is CC[CH]C(N)C(F)(F)F. The molecule has 1 unspecified atom stereocenters. The molecule has 0 rings (SSSR count). The summed E-state index contributed by atoms with van der Waals surface area (Å²) in [5.74, 6) is 0. The molecule has 0 aliphatic carbocycles. The van der Waals surface area contributed by atoms with Crippen molar-refractivity contribution in [3.8, 4) is 0 Å². The monoisotopic (exact) mass is 140 g/mol. The average Bonchev–Trinajstić information content (AvgIpc) is 1.64. The van der Waals surface area contributed by atoms with E-state index < -0.39 is 12.2 Å². The molecule has 55 valence electrons. The third-order valence-electron chi connectivity index (χ3n) is 0.868. The van der Waals surface area contributed by atoms with E-state index in [9.17, 15) is 13.2 Å². The van der Waals surface area contributed by atoms with Crippen molar-refractivity contribution in [2.24, 2.45) is 5.73 Å². The van der Waals surface area contributed by atoms with E-state index in [1.54, 1.807) is 6.92 Å². The Labute approximate surface area is 52.0 Å². The first-order valence-electron chi connectivity index (χ1n) is 2.64. The second kappa shape index (κ2) is 3.06. The molecule has 0 aliphatic heterocycles. The summed E-state index contributed by atoms with van der Waals surface area (Å²) in [7, 11) is 0. The van der Waals surface area contributed by atoms with Gasteiger partial charge in [0, 0.05) is 0 Å². The Balaban J connectivity index is 3.59. The molecule has 0 amide bonds. The van der Waals surface area contributed by atoms with E-state index in [-0.39, 0.29) is 0 Å². The molecule has 1 atom stereocenters. The van der Waals surface area contributed by atoms with E-state index in [0.717, 1.165) is 6.42 Å². The first kappa shape index (κ1) is 8.75. The number of rotatable bonds is 2. The number of halogens is 3. The minimum absolute atomic E-state index is 0.348. The molecule has 2 N–H and O–H groups in total. The van der Waals surface area contributed by atoms with Gasteiger partial charge in [-0.05, 0) is 6.42 Å². The summed E-state index contributed by atoms with van der Waals surface area (Å²) in [6.45, 7) is 1.62. The molecular formula is C5H9F3N. The summed E-state index contributed by atoms with van der Waals surface area (Å²) in [5, 5.41) is 0. The molecule has 0 bridgehead atoms. The highest BCUT2D eigenvalue weighted by molar-refractivity contribution is 4.84. The fourth-order valence-corrected chi connectivity index (χ4v) is 0.388. The predicted molar refractivity (Wildman–Crippen MR) is 28.6 cm³/mol. The quantitative estimate of drug-likeness (QED) is 0.617. The number of hydrogen-bond donors (Lipinski definition) is 1. The zero-order valence-electron chi connectivity index (χ0n) is 5.07. The van der Waals surface area contributed by atoms with Crippen LogP contribution in [-0.4, -0.2) is 12.2 Å². The Bertz CT molecular complexity index is 78.8. The molecule has 0 aromatic rings. The summed E-state index contributed by atoms with van der Waals surface area (Å²) in [4.78, 5) is 0. The van der Waals surface area contributed by atoms with Crippen LogP contribution in [0.2, 0.25) is 0 Å². The molecule has 0 aromatic heterocycles. The summed E-state index contributed by atoms with van der Waals surface area (Å²) < 4.78 is 34.4. The maximum absolute atomic E-state index is 11.5. The van der Waals surface area contributed by atoms with Gasteiger partial charge in [0.15, 0.2) is 0 Å². The van der Waals surface area contributed by atoms with Crippen LogP contribution in [0.3, 0.4) is 0 Å². The van der Waals surface area contributed by atoms with Crippen molar-refractivity contribution >= 4 is 0 Å². The van der Waals surface area contributed by atoms with Crippen molar-refractivity contribution in [2.45, 2.75) is 25.6 Å². The molecule has 0 heterocycles. The van der Waals surface area contributed by atoms with Crippen LogP contribution in [0.25, 0.3) is 0 Å². The maximum atomic E-state index is 11.5. The van der Waals surface area contributed by atoms with Crippen molar-refractivity contribution in [2.75, 3.05) is 0 Å². The van der Waals surface area contributed by atoms with Crippen molar-refractivity contribution in [3.63, 3.8) is 0 Å². The Morgan fingerprint density at radius 2 is 2.00 bits per heavy atom. The van der Waals surface area contributed by atoms with Gasteiger partial charge in [-0.15, -0.1) is 0 Å². The molecular weight excluding hydrogens is 131 g/mol. The van der Waals surface area contributed by atoms with E-state index in [1.165, 1.54) is 0 Å². The highest BCUT2D eigenvalue weighted by atomic mass is 19.4. The normalized spacial score (nSPS) is 15.7. The van der Waals surface area contributed by atoms with Crippen molar-refractivity contribution in [3.05, 3.63) is 6.42 Å². The predicted octanol–water partition coefficient (Wildman–Crippen LogP) is 1.49. The van der Waals surface area contributed by atoms with Gasteiger partial charge >= 0.3 is 6.18 Å². The molecule has 0 saturated carbocycles. The largest absolute Gasteiger partial charge is 0.403 e. The molecule has 0 fully saturated rings. The second-order valence-corrected chi connectivity index (χ2v) is 1.71. The van der Waals surface area contributed by atoms with E-state index in [1.807, 2.05) is 0 Å². The van der Waals surface area contributed by atoms with E-state index in [4.69, 9.17) is 0 Å². The van der Waals surface area contributed by atoms with Crippen molar-refractivity contribution in [1.82, 2.24) is 0 Å². The van der Waals surface area contributed by atoms with Crippen LogP contribution < -0.4 is 5.73 Å². The van der Waals surface area contributed by atoms with Crippen molar-refractivity contribution < 1.29 is 13.2 Å². The van der Waals surface area contributed by atoms with Gasteiger partial charge in [0.1, 0.15) is 6.04 Å². The molecule has 0 spiro atoms. The highest BCUT2D eigenvalue weighted by Gasteiger charge is 2.35. The summed E-state index contributed by atoms with van der Waals surface area (Å²) in [5.41, 5.74) is 4.68. The summed E-state index contributed by atoms with van der Waals surface area (Å²) in [6, 6.07) is -1.76. The first-order valence-corrected chi connectivity index (χ1v) is 2.64. The van der Waals surface area contributed by atoms with Gasteiger partial charge in [-0.1, -0.05) is 13.3 Å². The third-order valence-corrected chi connectivity index (χ3v) is 0.868. The van der Waals surface area contributed by atoms with Gasteiger partial charge in [0.2, 0.25) is 0 Å². The van der Waals surface area contributed by atoms with Crippen LogP contribution in [0, 0.1) is 6.42 Å². The van der Waals surface area contributed by atoms with Gasteiger partial charge in [-0.3, -0.25) is 0 Å². The zero-order chi connectivity index (χ0) is 7.49. The minimum Gasteiger partial charge on any atom is -0.320 e.